The van der Waals surface area contributed by atoms with Crippen molar-refractivity contribution in [1.29, 1.82) is 0 Å². The lowest BCUT2D eigenvalue weighted by atomic mass is 9.70. The van der Waals surface area contributed by atoms with E-state index in [1.165, 1.54) is 0 Å². The van der Waals surface area contributed by atoms with E-state index < -0.39 is 13.7 Å². The summed E-state index contributed by atoms with van der Waals surface area (Å²) in [7, 11) is -0.372. The molecule has 0 radical (unpaired) electrons. The molecule has 2 aromatic carbocycles. The summed E-state index contributed by atoms with van der Waals surface area (Å²) in [5, 5.41) is 10.7. The van der Waals surface area contributed by atoms with Gasteiger partial charge in [-0.3, -0.25) is 0 Å². The topological polar surface area (TPSA) is 57.2 Å². The molecule has 6 heteroatoms. The van der Waals surface area contributed by atoms with E-state index in [4.69, 9.17) is 18.6 Å². The van der Waals surface area contributed by atoms with Gasteiger partial charge in [0.25, 0.3) is 0 Å². The van der Waals surface area contributed by atoms with Gasteiger partial charge in [0, 0.05) is 24.5 Å². The molecule has 0 saturated heterocycles. The Hall–Kier alpha value is -1.96. The number of ether oxygens (including phenoxy) is 3. The van der Waals surface area contributed by atoms with Crippen LogP contribution in [0.3, 0.4) is 0 Å². The summed E-state index contributed by atoms with van der Waals surface area (Å²) < 4.78 is 25.2. The van der Waals surface area contributed by atoms with Gasteiger partial charge in [0.1, 0.15) is 5.75 Å². The van der Waals surface area contributed by atoms with Gasteiger partial charge in [0.2, 0.25) is 0 Å². The fourth-order valence-corrected chi connectivity index (χ4v) is 12.0. The molecule has 0 aliphatic heterocycles. The van der Waals surface area contributed by atoms with Crippen molar-refractivity contribution in [3.8, 4) is 5.75 Å². The summed E-state index contributed by atoms with van der Waals surface area (Å²) in [4.78, 5) is 0. The second kappa shape index (κ2) is 17.2. The van der Waals surface area contributed by atoms with Crippen molar-refractivity contribution in [2.45, 2.75) is 97.2 Å². The number of aliphatic hydroxyl groups excluding tert-OH is 1. The third-order valence-corrected chi connectivity index (χ3v) is 15.1. The molecular formula is C35H56O5Si. The largest absolute Gasteiger partial charge is 0.497 e. The molecule has 0 aromatic heterocycles. The predicted molar refractivity (Wildman–Crippen MR) is 173 cm³/mol. The van der Waals surface area contributed by atoms with E-state index in [1.807, 2.05) is 48.5 Å². The maximum absolute atomic E-state index is 10.7. The van der Waals surface area contributed by atoms with Crippen molar-refractivity contribution in [1.82, 2.24) is 0 Å². The molecule has 0 saturated carbocycles. The van der Waals surface area contributed by atoms with Crippen LogP contribution in [0.15, 0.2) is 67.3 Å². The molecule has 0 aliphatic rings. The number of rotatable bonds is 20. The van der Waals surface area contributed by atoms with E-state index >= 15 is 0 Å². The highest BCUT2D eigenvalue weighted by atomic mass is 28.4. The Morgan fingerprint density at radius 1 is 0.878 bits per heavy atom. The van der Waals surface area contributed by atoms with Gasteiger partial charge in [0.15, 0.2) is 8.32 Å². The Morgan fingerprint density at radius 3 is 1.98 bits per heavy atom. The third kappa shape index (κ3) is 9.52. The summed E-state index contributed by atoms with van der Waals surface area (Å²) in [5.41, 5.74) is 3.31. The molecule has 0 aliphatic carbocycles. The normalized spacial score (nSPS) is 15.2. The number of hydrogen-bond donors (Lipinski definition) is 1. The van der Waals surface area contributed by atoms with E-state index in [9.17, 15) is 5.11 Å². The highest BCUT2D eigenvalue weighted by Crippen LogP contribution is 2.44. The average molecular weight is 585 g/mol. The number of methoxy groups -OCH3 is 1. The maximum atomic E-state index is 10.7. The van der Waals surface area contributed by atoms with E-state index in [1.54, 1.807) is 7.11 Å². The van der Waals surface area contributed by atoms with Crippen molar-refractivity contribution in [3.63, 3.8) is 0 Å². The molecule has 230 valence electrons. The van der Waals surface area contributed by atoms with Gasteiger partial charge in [-0.15, -0.1) is 6.58 Å². The maximum Gasteiger partial charge on any atom is 0.200 e. The molecule has 0 unspecified atom stereocenters. The van der Waals surface area contributed by atoms with Crippen molar-refractivity contribution < 1.29 is 23.7 Å². The molecular weight excluding hydrogens is 528 g/mol. The average Bonchev–Trinajstić information content (AvgIpc) is 2.95. The standard InChI is InChI=1S/C35H56O5Si/c1-10-14-34(39-25-31-17-19-33(37-9)20-18-31)35(8,21-22-40-41(27(2)3,28(4)5)29(6)7)32(23-36)26-38-24-30-15-12-11-13-16-30/h10-13,15-20,27-29,32,34,36H,1,14,21-26H2,2-9H3/t32-,34+,35-/m0/s1. The number of hydrogen-bond acceptors (Lipinski definition) is 5. The van der Waals surface area contributed by atoms with Crippen LogP contribution in [0.5, 0.6) is 5.75 Å². The quantitative estimate of drug-likeness (QED) is 0.125. The van der Waals surface area contributed by atoms with Gasteiger partial charge in [-0.25, -0.2) is 0 Å². The zero-order chi connectivity index (χ0) is 30.5. The molecule has 0 amide bonds. The summed E-state index contributed by atoms with van der Waals surface area (Å²) in [6.07, 6.45) is 3.18. The van der Waals surface area contributed by atoms with Crippen LogP contribution >= 0.6 is 0 Å². The van der Waals surface area contributed by atoms with E-state index in [-0.39, 0.29) is 18.6 Å². The first-order chi connectivity index (χ1) is 19.5. The van der Waals surface area contributed by atoms with Crippen LogP contribution in [0, 0.1) is 11.3 Å². The van der Waals surface area contributed by atoms with Crippen molar-refractivity contribution in [3.05, 3.63) is 78.4 Å². The molecule has 1 N–H and O–H groups in total. The summed E-state index contributed by atoms with van der Waals surface area (Å²) in [6.45, 7) is 22.2. The summed E-state index contributed by atoms with van der Waals surface area (Å²) >= 11 is 0. The van der Waals surface area contributed by atoms with Crippen LogP contribution in [0.2, 0.25) is 16.6 Å². The van der Waals surface area contributed by atoms with E-state index in [2.05, 4.69) is 67.2 Å². The second-order valence-corrected chi connectivity index (χ2v) is 17.9. The molecule has 2 rings (SSSR count). The zero-order valence-corrected chi connectivity index (χ0v) is 27.9. The lowest BCUT2D eigenvalue weighted by Crippen LogP contribution is -2.50. The molecule has 0 heterocycles. The van der Waals surface area contributed by atoms with Crippen LogP contribution in [-0.2, 0) is 27.1 Å². The molecule has 5 nitrogen and oxygen atoms in total. The van der Waals surface area contributed by atoms with Crippen molar-refractivity contribution >= 4 is 8.32 Å². The van der Waals surface area contributed by atoms with Gasteiger partial charge in [-0.2, -0.15) is 0 Å². The Labute approximate surface area is 251 Å². The van der Waals surface area contributed by atoms with E-state index in [0.717, 1.165) is 23.3 Å². The first-order valence-electron chi connectivity index (χ1n) is 15.3. The minimum atomic E-state index is -2.04. The van der Waals surface area contributed by atoms with Crippen LogP contribution < -0.4 is 4.74 Å². The lowest BCUT2D eigenvalue weighted by Gasteiger charge is -2.46. The van der Waals surface area contributed by atoms with Crippen LogP contribution in [0.4, 0.5) is 0 Å². The summed E-state index contributed by atoms with van der Waals surface area (Å²) in [5.74, 6) is 0.686. The molecule has 41 heavy (non-hydrogen) atoms. The fourth-order valence-electron chi connectivity index (χ4n) is 6.52. The Balaban J connectivity index is 2.31. The first kappa shape index (κ1) is 35.2. The Kier molecular flexibility index (Phi) is 14.8. The molecule has 0 fully saturated rings. The molecule has 2 aromatic rings. The minimum Gasteiger partial charge on any atom is -0.497 e. The zero-order valence-electron chi connectivity index (χ0n) is 26.9. The monoisotopic (exact) mass is 584 g/mol. The molecule has 0 spiro atoms. The van der Waals surface area contributed by atoms with Crippen LogP contribution in [-0.4, -0.2) is 46.5 Å². The van der Waals surface area contributed by atoms with Crippen molar-refractivity contribution in [2.24, 2.45) is 11.3 Å². The smallest absolute Gasteiger partial charge is 0.200 e. The Bertz CT molecular complexity index is 970. The predicted octanol–water partition coefficient (Wildman–Crippen LogP) is 8.57. The second-order valence-electron chi connectivity index (χ2n) is 12.5. The lowest BCUT2D eigenvalue weighted by molar-refractivity contribution is -0.107. The SMILES string of the molecule is C=CC[C@@H](OCc1ccc(OC)cc1)[C@@](C)(CCO[Si](C(C)C)(C(C)C)C(C)C)[C@@H](CO)COCc1ccccc1. The van der Waals surface area contributed by atoms with Crippen molar-refractivity contribution in [2.75, 3.05) is 26.9 Å². The first-order valence-corrected chi connectivity index (χ1v) is 17.4. The fraction of sp³-hybridized carbons (Fsp3) is 0.600. The third-order valence-electron chi connectivity index (χ3n) is 9.01. The van der Waals surface area contributed by atoms with Crippen LogP contribution in [0.1, 0.15) is 72.4 Å². The molecule has 3 atom stereocenters. The Morgan fingerprint density at radius 2 is 1.46 bits per heavy atom. The number of benzene rings is 2. The summed E-state index contributed by atoms with van der Waals surface area (Å²) in [6, 6.07) is 18.1. The van der Waals surface area contributed by atoms with Crippen LogP contribution in [0.25, 0.3) is 0 Å². The highest BCUT2D eigenvalue weighted by Gasteiger charge is 2.47. The van der Waals surface area contributed by atoms with Gasteiger partial charge in [-0.05, 0) is 52.7 Å². The number of aliphatic hydroxyl groups is 1. The molecule has 0 bridgehead atoms. The van der Waals surface area contributed by atoms with Gasteiger partial charge >= 0.3 is 0 Å². The highest BCUT2D eigenvalue weighted by molar-refractivity contribution is 6.77. The van der Waals surface area contributed by atoms with E-state index in [0.29, 0.717) is 49.5 Å². The van der Waals surface area contributed by atoms with Gasteiger partial charge in [-0.1, -0.05) is 97.0 Å². The van der Waals surface area contributed by atoms with Gasteiger partial charge < -0.3 is 23.7 Å². The van der Waals surface area contributed by atoms with Gasteiger partial charge in [0.05, 0.1) is 33.0 Å². The minimum absolute atomic E-state index is 0.00589.